The Kier molecular flexibility index (Phi) is 4.23. The Morgan fingerprint density at radius 2 is 1.53 bits per heavy atom. The summed E-state index contributed by atoms with van der Waals surface area (Å²) in [5, 5.41) is -4.35. The monoisotopic (exact) mass is 283 g/mol. The Balaban J connectivity index is 5.32. The van der Waals surface area contributed by atoms with Crippen molar-refractivity contribution in [1.29, 1.82) is 0 Å². The molecular weight excluding hydrogens is 270 g/mol. The van der Waals surface area contributed by atoms with Crippen LogP contribution < -0.4 is 0 Å². The first-order valence-electron chi connectivity index (χ1n) is 3.28. The molecule has 1 N–H and O–H groups in total. The van der Waals surface area contributed by atoms with Crippen LogP contribution in [0.4, 0.5) is 8.78 Å². The predicted molar refractivity (Wildman–Crippen MR) is 58.8 cm³/mol. The molecule has 0 fully saturated rings. The third-order valence-corrected chi connectivity index (χ3v) is 7.20. The molecule has 5 nitrogen and oxygen atoms in total. The van der Waals surface area contributed by atoms with Crippen LogP contribution >= 0.6 is 22.0 Å². The summed E-state index contributed by atoms with van der Waals surface area (Å²) < 4.78 is 64.0. The van der Waals surface area contributed by atoms with Gasteiger partial charge in [-0.05, 0) is 20.0 Å². The molecule has 2 atom stereocenters. The van der Waals surface area contributed by atoms with Gasteiger partial charge in [-0.2, -0.15) is 8.78 Å². The van der Waals surface area contributed by atoms with Crippen LogP contribution in [0.1, 0.15) is 0 Å². The minimum Gasteiger partial charge on any atom is -0.338 e. The van der Waals surface area contributed by atoms with Gasteiger partial charge in [-0.15, -0.1) is 0 Å². The smallest absolute Gasteiger partial charge is 0.338 e. The van der Waals surface area contributed by atoms with Crippen molar-refractivity contribution >= 4 is 29.6 Å². The van der Waals surface area contributed by atoms with Crippen molar-refractivity contribution in [3.05, 3.63) is 0 Å². The molecule has 0 aliphatic carbocycles. The van der Waals surface area contributed by atoms with Gasteiger partial charge in [0.15, 0.2) is 7.14 Å². The van der Waals surface area contributed by atoms with Gasteiger partial charge < -0.3 is 14.0 Å². The van der Waals surface area contributed by atoms with E-state index < -0.39 is 35.0 Å². The number of halogens is 2. The lowest BCUT2D eigenvalue weighted by Gasteiger charge is -2.27. The molecule has 0 aromatic carbocycles. The van der Waals surface area contributed by atoms with E-state index in [9.17, 15) is 22.5 Å². The van der Waals surface area contributed by atoms with Crippen molar-refractivity contribution in [3.8, 4) is 0 Å². The first-order chi connectivity index (χ1) is 6.21. The van der Waals surface area contributed by atoms with Crippen LogP contribution in [-0.4, -0.2) is 37.9 Å². The molecule has 0 radical (unpaired) electrons. The molecule has 0 aliphatic heterocycles. The van der Waals surface area contributed by atoms with E-state index in [2.05, 4.69) is 4.31 Å². The Morgan fingerprint density at radius 1 is 1.20 bits per heavy atom. The molecule has 0 aromatic rings. The normalized spacial score (nSPS) is 21.8. The first kappa shape index (κ1) is 15.5. The fourth-order valence-corrected chi connectivity index (χ4v) is 4.91. The molecule has 11 heteroatoms. The molecule has 0 spiro atoms. The summed E-state index contributed by atoms with van der Waals surface area (Å²) in [6, 6.07) is 0. The summed E-state index contributed by atoms with van der Waals surface area (Å²) in [5.74, 6) is 0. The minimum atomic E-state index is -5.44. The molecule has 0 bridgehead atoms. The zero-order chi connectivity index (χ0) is 12.7. The number of rotatable bonds is 4. The van der Waals surface area contributed by atoms with Crippen molar-refractivity contribution in [2.24, 2.45) is 0 Å². The van der Waals surface area contributed by atoms with Crippen LogP contribution in [-0.2, 0) is 18.0 Å². The fourth-order valence-electron chi connectivity index (χ4n) is 0.509. The van der Waals surface area contributed by atoms with Crippen molar-refractivity contribution in [2.75, 3.05) is 20.0 Å². The summed E-state index contributed by atoms with van der Waals surface area (Å²) in [6.45, 7) is 2.40. The van der Waals surface area contributed by atoms with E-state index in [-0.39, 0.29) is 0 Å². The average molecular weight is 283 g/mol. The zero-order valence-corrected chi connectivity index (χ0v) is 10.4. The third kappa shape index (κ3) is 3.79. The van der Waals surface area contributed by atoms with Crippen molar-refractivity contribution in [2.45, 2.75) is 5.40 Å². The highest BCUT2D eigenvalue weighted by Crippen LogP contribution is 2.77. The van der Waals surface area contributed by atoms with Gasteiger partial charge in [0.2, 0.25) is 0 Å². The second kappa shape index (κ2) is 4.08. The quantitative estimate of drug-likeness (QED) is 0.625. The standard InChI is InChI=1S/C4H13BF2O5P3/c1-13(2,8)4(6,7)15(10,11)12-14(3,5)9/h1-3,5H3,(H,10,11)/q-1. The van der Waals surface area contributed by atoms with Crippen molar-refractivity contribution < 1.29 is 31.7 Å². The molecule has 0 amide bonds. The van der Waals surface area contributed by atoms with Gasteiger partial charge in [0.1, 0.15) is 0 Å². The van der Waals surface area contributed by atoms with Gasteiger partial charge in [0.25, 0.3) is 0 Å². The number of hydrogen-bond acceptors (Lipinski definition) is 4. The van der Waals surface area contributed by atoms with Crippen LogP contribution in [0.15, 0.2) is 0 Å². The molecule has 0 aliphatic rings. The lowest BCUT2D eigenvalue weighted by molar-refractivity contribution is 0.142. The molecule has 92 valence electrons. The number of alkyl halides is 2. The topological polar surface area (TPSA) is 80.7 Å². The lowest BCUT2D eigenvalue weighted by atomic mass is 10.8. The molecule has 15 heavy (non-hydrogen) atoms. The highest BCUT2D eigenvalue weighted by atomic mass is 31.3. The molecular formula is C4H13BF2O5P3-. The van der Waals surface area contributed by atoms with Crippen LogP contribution in [0.5, 0.6) is 0 Å². The molecule has 0 saturated heterocycles. The van der Waals surface area contributed by atoms with Crippen LogP contribution in [0.3, 0.4) is 0 Å². The van der Waals surface area contributed by atoms with Gasteiger partial charge in [-0.1, -0.05) is 0 Å². The van der Waals surface area contributed by atoms with Gasteiger partial charge in [-0.25, -0.2) is 0 Å². The maximum absolute atomic E-state index is 13.2. The Labute approximate surface area is 87.3 Å². The second-order valence-electron chi connectivity index (χ2n) is 2.90. The molecule has 0 aromatic heterocycles. The second-order valence-corrected chi connectivity index (χ2v) is 9.65. The zero-order valence-electron chi connectivity index (χ0n) is 7.68. The Hall–Kier alpha value is 0.535. The SMILES string of the molecule is [BH3-]P(C)(=O)OP(=O)(O)C(F)(F)P(C)(C)=O. The largest absolute Gasteiger partial charge is 0.407 e. The van der Waals surface area contributed by atoms with Gasteiger partial charge >= 0.3 is 13.0 Å². The maximum atomic E-state index is 13.2. The summed E-state index contributed by atoms with van der Waals surface area (Å²) in [6.07, 6.45) is 0. The van der Waals surface area contributed by atoms with E-state index >= 15 is 0 Å². The van der Waals surface area contributed by atoms with E-state index in [4.69, 9.17) is 4.89 Å². The van der Waals surface area contributed by atoms with E-state index in [0.717, 1.165) is 6.66 Å². The van der Waals surface area contributed by atoms with Crippen molar-refractivity contribution in [1.82, 2.24) is 0 Å². The third-order valence-electron chi connectivity index (χ3n) is 1.21. The van der Waals surface area contributed by atoms with E-state index in [1.165, 1.54) is 0 Å². The summed E-state index contributed by atoms with van der Waals surface area (Å²) in [5.41, 5.74) is 0. The first-order valence-corrected chi connectivity index (χ1v) is 9.08. The molecule has 0 heterocycles. The van der Waals surface area contributed by atoms with Gasteiger partial charge in [0, 0.05) is 7.25 Å². The van der Waals surface area contributed by atoms with Gasteiger partial charge in [0.05, 0.1) is 7.57 Å². The predicted octanol–water partition coefficient (Wildman–Crippen LogP) is 1.55. The van der Waals surface area contributed by atoms with E-state index in [1.54, 1.807) is 0 Å². The van der Waals surface area contributed by atoms with Crippen LogP contribution in [0.2, 0.25) is 0 Å². The lowest BCUT2D eigenvalue weighted by Crippen LogP contribution is -2.17. The number of hydrogen-bond donors (Lipinski definition) is 1. The summed E-state index contributed by atoms with van der Waals surface area (Å²) in [4.78, 5) is 8.99. The van der Waals surface area contributed by atoms with Crippen LogP contribution in [0.25, 0.3) is 0 Å². The van der Waals surface area contributed by atoms with Crippen LogP contribution in [0, 0.1) is 0 Å². The summed E-state index contributed by atoms with van der Waals surface area (Å²) >= 11 is 0. The fraction of sp³-hybridized carbons (Fsp3) is 1.00. The maximum Gasteiger partial charge on any atom is 0.407 e. The van der Waals surface area contributed by atoms with Crippen molar-refractivity contribution in [3.63, 3.8) is 0 Å². The highest BCUT2D eigenvalue weighted by Gasteiger charge is 2.60. The summed E-state index contributed by atoms with van der Waals surface area (Å²) in [7, 11) is -13.9. The molecule has 2 unspecified atom stereocenters. The van der Waals surface area contributed by atoms with E-state index in [0.29, 0.717) is 13.3 Å². The molecule has 0 saturated carbocycles. The van der Waals surface area contributed by atoms with Gasteiger partial charge in [-0.3, -0.25) is 8.88 Å². The van der Waals surface area contributed by atoms with E-state index in [1.807, 2.05) is 0 Å². The Morgan fingerprint density at radius 3 is 1.73 bits per heavy atom. The Bertz CT molecular complexity index is 384. The average Bonchev–Trinajstić information content (AvgIpc) is 1.77. The minimum absolute atomic E-state index is 0.683. The highest BCUT2D eigenvalue weighted by molar-refractivity contribution is 7.89. The molecule has 0 rings (SSSR count).